The minimum atomic E-state index is -5.01. The van der Waals surface area contributed by atoms with E-state index in [-0.39, 0.29) is 72.6 Å². The maximum Gasteiger partial charge on any atom is 0.416 e. The first-order valence-corrected chi connectivity index (χ1v) is 48.6. The summed E-state index contributed by atoms with van der Waals surface area (Å²) in [6.07, 6.45) is -6.22. The van der Waals surface area contributed by atoms with E-state index >= 15 is 0 Å². The average molecular weight is 2200 g/mol. The van der Waals surface area contributed by atoms with Crippen LogP contribution in [0.3, 0.4) is 0 Å². The molecule has 4 N–H and O–H groups in total. The van der Waals surface area contributed by atoms with E-state index in [0.29, 0.717) is 137 Å². The molecule has 0 spiro atoms. The van der Waals surface area contributed by atoms with Crippen molar-refractivity contribution in [2.75, 3.05) is 156 Å². The highest BCUT2D eigenvalue weighted by Gasteiger charge is 2.40. The van der Waals surface area contributed by atoms with Crippen LogP contribution < -0.4 is 49.8 Å². The minimum Gasteiger partial charge on any atom is -0.470 e. The molecular weight excluding hydrogens is 2100 g/mol. The number of aliphatic hydroxyl groups excluding tert-OH is 1. The number of aromatic nitrogens is 14. The molecule has 0 atom stereocenters. The number of rotatable bonds is 16. The van der Waals surface area contributed by atoms with Gasteiger partial charge in [-0.25, -0.2) is 24.0 Å². The molecule has 786 valence electrons. The van der Waals surface area contributed by atoms with Gasteiger partial charge < -0.3 is 88.7 Å². The number of aliphatic hydroxyl groups is 1. The Labute approximate surface area is 860 Å². The van der Waals surface area contributed by atoms with E-state index in [9.17, 15) is 76.7 Å². The molecule has 5 saturated heterocycles. The number of hydrogen-bond donors (Lipinski definition) is 4. The number of halogens is 15. The molecule has 5 aliphatic heterocycles. The quantitative estimate of drug-likeness (QED) is 0.0302. The van der Waals surface area contributed by atoms with Gasteiger partial charge in [-0.3, -0.25) is 19.9 Å². The van der Waals surface area contributed by atoms with Crippen LogP contribution in [0.15, 0.2) is 139 Å². The van der Waals surface area contributed by atoms with Gasteiger partial charge in [-0.15, -0.1) is 13.1 Å². The number of amides is 5. The Hall–Kier alpha value is -12.2. The molecule has 11 aromatic rings. The van der Waals surface area contributed by atoms with Crippen LogP contribution in [-0.4, -0.2) is 266 Å². The highest BCUT2D eigenvalue weighted by molar-refractivity contribution is 7.00. The zero-order valence-corrected chi connectivity index (χ0v) is 85.5. The fraction of sp³-hybridized carbons (Fsp3) is 0.460. The monoisotopic (exact) mass is 2190 g/mol. The van der Waals surface area contributed by atoms with Crippen LogP contribution >= 0.6 is 93.4 Å². The van der Waals surface area contributed by atoms with Crippen molar-refractivity contribution in [1.29, 1.82) is 0 Å². The summed E-state index contributed by atoms with van der Waals surface area (Å²) in [5, 5.41) is 18.2. The summed E-state index contributed by atoms with van der Waals surface area (Å²) in [5.41, 5.74) is -4.86. The van der Waals surface area contributed by atoms with Crippen molar-refractivity contribution < 1.29 is 110 Å². The largest absolute Gasteiger partial charge is 0.470 e. The van der Waals surface area contributed by atoms with Crippen molar-refractivity contribution in [1.82, 2.24) is 93.9 Å². The number of pyridine rings is 4. The summed E-state index contributed by atoms with van der Waals surface area (Å²) >= 11 is 22.0. The minimum absolute atomic E-state index is 0.00462. The van der Waals surface area contributed by atoms with E-state index in [0.717, 1.165) is 139 Å². The second-order valence-corrected chi connectivity index (χ2v) is 37.6. The van der Waals surface area contributed by atoms with Crippen LogP contribution in [-0.2, 0) is 70.1 Å². The second kappa shape index (κ2) is 55.4. The lowest BCUT2D eigenvalue weighted by atomic mass is 10.1. The summed E-state index contributed by atoms with van der Waals surface area (Å²) < 4.78 is 226. The second-order valence-electron chi connectivity index (χ2n) is 33.9. The molecule has 38 nitrogen and oxygen atoms in total. The number of anilines is 5. The summed E-state index contributed by atoms with van der Waals surface area (Å²) in [6.45, 7) is 31.1. The number of carbonyl (C=O) groups is 4. The molecule has 5 amide bonds. The fourth-order valence-corrected chi connectivity index (χ4v) is 15.7. The molecule has 16 rings (SSSR count). The molecule has 9 aromatic heterocycles. The molecule has 0 aliphatic carbocycles. The Bertz CT molecular complexity index is 5760. The third kappa shape index (κ3) is 40.3. The van der Waals surface area contributed by atoms with Gasteiger partial charge in [0.1, 0.15) is 36.6 Å². The van der Waals surface area contributed by atoms with Crippen LogP contribution in [0.5, 0.6) is 17.6 Å². The Morgan fingerprint density at radius 2 is 0.648 bits per heavy atom. The number of isocyanates is 1. The van der Waals surface area contributed by atoms with Crippen LogP contribution in [0, 0.1) is 0 Å². The third-order valence-corrected chi connectivity index (χ3v) is 23.3. The Morgan fingerprint density at radius 1 is 0.372 bits per heavy atom. The zero-order valence-electron chi connectivity index (χ0n) is 79.1. The lowest BCUT2D eigenvalue weighted by Crippen LogP contribution is -2.50. The average Bonchev–Trinajstić information content (AvgIpc) is 1.75. The molecule has 0 unspecified atom stereocenters. The number of nitrogens with one attached hydrogen (secondary N) is 3. The molecule has 58 heteroatoms. The maximum absolute atomic E-state index is 13.1. The Balaban J connectivity index is 0.000000193. The van der Waals surface area contributed by atoms with Crippen LogP contribution in [0.1, 0.15) is 107 Å². The van der Waals surface area contributed by atoms with E-state index in [1.54, 1.807) is 88.5 Å². The molecule has 0 radical (unpaired) electrons. The van der Waals surface area contributed by atoms with Gasteiger partial charge in [-0.05, 0) is 169 Å². The number of alkyl halides is 12. The van der Waals surface area contributed by atoms with E-state index in [1.807, 2.05) is 96.4 Å². The first-order chi connectivity index (χ1) is 68.6. The molecule has 5 fully saturated rings. The summed E-state index contributed by atoms with van der Waals surface area (Å²) in [5.74, 6) is 4.25. The SMILES string of the molecule is CC(C)(C)OC(=O)N1CCN(c2nsnc2Cl)CC1.CC(C)(C)OC(=O)N1CCN(c2nsnc2OCc2ccncc2)CC1.CC(C)(C)OC(=O)N1CCNCC1.Clc1nsnc1Cl.O=C(Nc1cc(C(F)(F)F)cc(C(F)(F)F)c1)N1CCN(c2nsnc2OCc2ccncc2)CC1.O=C=Nc1cc(C(F)(F)F)cc(C(F)(F)F)c1.OCc1ccncc1.c1cc(COc2nsnc2N2CCNCC2)ccn1. The number of carbonyl (C=O) groups excluding carboxylic acids is 5. The highest BCUT2D eigenvalue weighted by atomic mass is 35.5. The number of aliphatic imine (C=N–C) groups is 1. The van der Waals surface area contributed by atoms with Gasteiger partial charge in [0, 0.05) is 186 Å². The summed E-state index contributed by atoms with van der Waals surface area (Å²) in [6, 6.07) is 15.6. The normalized spacial score (nSPS) is 14.6. The van der Waals surface area contributed by atoms with Crippen LogP contribution in [0.2, 0.25) is 15.5 Å². The summed E-state index contributed by atoms with van der Waals surface area (Å²) in [4.78, 5) is 91.1. The number of piperazine rings is 5. The first-order valence-electron chi connectivity index (χ1n) is 43.8. The number of benzene rings is 2. The number of hydrogen-bond acceptors (Lipinski definition) is 38. The van der Waals surface area contributed by atoms with Crippen LogP contribution in [0.4, 0.5) is 107 Å². The van der Waals surface area contributed by atoms with Crippen molar-refractivity contribution in [3.05, 3.63) is 194 Å². The lowest BCUT2D eigenvalue weighted by Gasteiger charge is -2.35. The van der Waals surface area contributed by atoms with Crippen molar-refractivity contribution in [3.63, 3.8) is 0 Å². The smallest absolute Gasteiger partial charge is 0.416 e. The number of ether oxygens (including phenoxy) is 6. The predicted molar refractivity (Wildman–Crippen MR) is 520 cm³/mol. The molecule has 2 aromatic carbocycles. The van der Waals surface area contributed by atoms with Crippen LogP contribution in [0.25, 0.3) is 0 Å². The molecule has 145 heavy (non-hydrogen) atoms. The molecular formula is C87H101Cl3F12N26O12S5. The lowest BCUT2D eigenvalue weighted by molar-refractivity contribution is -0.144. The van der Waals surface area contributed by atoms with Gasteiger partial charge >= 0.3 is 49.0 Å². The zero-order chi connectivity index (χ0) is 106. The molecule has 0 saturated carbocycles. The van der Waals surface area contributed by atoms with Gasteiger partial charge in [0.2, 0.25) is 23.5 Å². The number of nitrogens with zero attached hydrogens (tertiary/aromatic N) is 23. The van der Waals surface area contributed by atoms with Crippen molar-refractivity contribution >= 4 is 158 Å². The Kier molecular flexibility index (Phi) is 44.4. The topological polar surface area (TPSA) is 416 Å². The summed E-state index contributed by atoms with van der Waals surface area (Å²) in [7, 11) is 0. The standard InChI is InChI=1S/C21H18F6N6O2S.C17H23N5O3S.C12H15N5OS.C11H17ClN4O2S.C9H3F6NO.C9H18N2O2.C6H7NO.C2Cl2N2S/c22-20(23,24)14-9-15(21(25,26)27)11-16(10-14)29-19(34)33-7-5-32(6-8-33)17-18(31-36-30-17)35-12-13-1-3-28-4-2-13;1-17(2,3)25-16(23)22-10-8-21(9-11-22)14-15(20-26-19-14)24-12-13-4-6-18-7-5-13;1-3-13-4-2-10(1)9-18-12-11(15-19-16-12)17-7-5-14-6-8-17;1-11(2,3)18-10(17)16-6-4-15(5-7-16)9-8(12)13-19-14-9;10-8(11,12)5-1-6(9(13,14)15)3-7(2-5)16-4-17;1-9(2,3)13-8(12)11-6-4-10-5-7-11;8-5-6-1-3-7-4-2-6;3-1-2(4)6-7-5-1/h1-4,9-11H,5-8,12H2,(H,29,34);4-7H,8-12H2,1-3H3;1-4,14H,5-9H2;4-7H2,1-3H3;1-3H;10H,4-7H2,1-3H3;1-4,8H,5H2;. The van der Waals surface area contributed by atoms with E-state index in [1.165, 1.54) is 16.6 Å². The van der Waals surface area contributed by atoms with Crippen molar-refractivity contribution in [2.45, 2.75) is 130 Å². The first kappa shape index (κ1) is 116. The van der Waals surface area contributed by atoms with Crippen molar-refractivity contribution in [3.8, 4) is 17.6 Å². The fourth-order valence-electron chi connectivity index (χ4n) is 12.6. The van der Waals surface area contributed by atoms with E-state index in [2.05, 4.69) is 94.4 Å². The molecule has 0 bridgehead atoms. The molecule has 5 aliphatic rings. The number of urea groups is 1. The van der Waals surface area contributed by atoms with E-state index < -0.39 is 75.6 Å². The molecule has 14 heterocycles. The predicted octanol–water partition coefficient (Wildman–Crippen LogP) is 17.6. The highest BCUT2D eigenvalue weighted by Crippen LogP contribution is 2.41. The Morgan fingerprint density at radius 3 is 0.938 bits per heavy atom. The van der Waals surface area contributed by atoms with Gasteiger partial charge in [0.05, 0.1) is 93.2 Å². The van der Waals surface area contributed by atoms with Crippen molar-refractivity contribution in [2.24, 2.45) is 4.99 Å². The van der Waals surface area contributed by atoms with Gasteiger partial charge in [-0.1, -0.05) is 34.8 Å². The van der Waals surface area contributed by atoms with E-state index in [4.69, 9.17) is 68.3 Å². The maximum atomic E-state index is 13.1. The van der Waals surface area contributed by atoms with Gasteiger partial charge in [0.25, 0.3) is 17.6 Å². The van der Waals surface area contributed by atoms with Gasteiger partial charge in [0.15, 0.2) is 21.3 Å². The van der Waals surface area contributed by atoms with Gasteiger partial charge in [-0.2, -0.15) is 88.3 Å². The third-order valence-electron chi connectivity index (χ3n) is 19.6.